The number of aliphatic carboxylic acids is 1. The molecule has 0 radical (unpaired) electrons. The van der Waals surface area contributed by atoms with Crippen molar-refractivity contribution in [2.75, 3.05) is 13.1 Å². The van der Waals surface area contributed by atoms with Crippen molar-refractivity contribution in [2.24, 2.45) is 0 Å². The van der Waals surface area contributed by atoms with Gasteiger partial charge in [-0.3, -0.25) is 4.40 Å². The van der Waals surface area contributed by atoms with Crippen LogP contribution in [0, 0.1) is 0 Å². The highest BCUT2D eigenvalue weighted by atomic mass is 19.4. The highest BCUT2D eigenvalue weighted by Crippen LogP contribution is 2.23. The van der Waals surface area contributed by atoms with Crippen molar-refractivity contribution in [3.8, 4) is 0 Å². The Morgan fingerprint density at radius 3 is 2.50 bits per heavy atom. The Bertz CT molecular complexity index is 635. The van der Waals surface area contributed by atoms with Crippen LogP contribution in [0.1, 0.15) is 24.6 Å². The van der Waals surface area contributed by atoms with Crippen LogP contribution in [-0.2, 0) is 4.79 Å². The number of carboxylic acids is 1. The van der Waals surface area contributed by atoms with Gasteiger partial charge in [0, 0.05) is 12.1 Å². The Balaban J connectivity index is 0.000000217. The molecule has 0 aliphatic carbocycles. The van der Waals surface area contributed by atoms with Gasteiger partial charge in [-0.05, 0) is 38.1 Å². The lowest BCUT2D eigenvalue weighted by Gasteiger charge is -2.20. The van der Waals surface area contributed by atoms with Gasteiger partial charge in [0.05, 0.1) is 0 Å². The quantitative estimate of drug-likeness (QED) is 0.839. The third-order valence-corrected chi connectivity index (χ3v) is 3.29. The minimum absolute atomic E-state index is 0.559. The SMILES string of the molecule is O=C(O)C(F)(F)F.c1ccn2c(C3CCNCC3)nnc2c1. The molecular weight excluding hydrogens is 301 g/mol. The molecule has 0 bridgehead atoms. The second kappa shape index (κ2) is 6.73. The zero-order chi connectivity index (χ0) is 16.2. The van der Waals surface area contributed by atoms with Gasteiger partial charge in [-0.25, -0.2) is 4.79 Å². The third kappa shape index (κ3) is 3.94. The first-order chi connectivity index (χ1) is 10.4. The molecule has 3 rings (SSSR count). The van der Waals surface area contributed by atoms with Crippen LogP contribution in [0.2, 0.25) is 0 Å². The Labute approximate surface area is 124 Å². The second-order valence-corrected chi connectivity index (χ2v) is 4.81. The molecule has 9 heteroatoms. The minimum Gasteiger partial charge on any atom is -0.475 e. The molecule has 2 aromatic heterocycles. The van der Waals surface area contributed by atoms with E-state index in [0.29, 0.717) is 5.92 Å². The van der Waals surface area contributed by atoms with Crippen molar-refractivity contribution >= 4 is 11.6 Å². The standard InChI is InChI=1S/C11H14N4.C2HF3O2/c1-2-8-15-10(3-1)13-14-11(15)9-4-6-12-7-5-9;3-2(4,5)1(6)7/h1-3,8-9,12H,4-7H2;(H,6,7). The summed E-state index contributed by atoms with van der Waals surface area (Å²) in [6.45, 7) is 2.18. The van der Waals surface area contributed by atoms with E-state index in [9.17, 15) is 13.2 Å². The molecule has 1 saturated heterocycles. The lowest BCUT2D eigenvalue weighted by Crippen LogP contribution is -2.27. The van der Waals surface area contributed by atoms with Crippen molar-refractivity contribution in [1.29, 1.82) is 0 Å². The van der Waals surface area contributed by atoms with E-state index in [4.69, 9.17) is 9.90 Å². The molecule has 6 nitrogen and oxygen atoms in total. The number of pyridine rings is 1. The number of hydrogen-bond donors (Lipinski definition) is 2. The van der Waals surface area contributed by atoms with Crippen molar-refractivity contribution in [1.82, 2.24) is 19.9 Å². The van der Waals surface area contributed by atoms with Crippen molar-refractivity contribution < 1.29 is 23.1 Å². The molecule has 3 heterocycles. The molecule has 2 aromatic rings. The lowest BCUT2D eigenvalue weighted by molar-refractivity contribution is -0.192. The van der Waals surface area contributed by atoms with Gasteiger partial charge in [-0.1, -0.05) is 6.07 Å². The van der Waals surface area contributed by atoms with Crippen LogP contribution in [0.25, 0.3) is 5.65 Å². The summed E-state index contributed by atoms with van der Waals surface area (Å²) in [6, 6.07) is 6.02. The van der Waals surface area contributed by atoms with E-state index >= 15 is 0 Å². The van der Waals surface area contributed by atoms with Crippen LogP contribution in [-0.4, -0.2) is 44.9 Å². The molecule has 0 unspecified atom stereocenters. The highest BCUT2D eigenvalue weighted by molar-refractivity contribution is 5.73. The Morgan fingerprint density at radius 1 is 1.27 bits per heavy atom. The first-order valence-electron chi connectivity index (χ1n) is 6.70. The normalized spacial score (nSPS) is 16.1. The fourth-order valence-electron chi connectivity index (χ4n) is 2.22. The molecule has 1 aliphatic rings. The molecule has 0 spiro atoms. The number of carbonyl (C=O) groups is 1. The number of alkyl halides is 3. The smallest absolute Gasteiger partial charge is 0.475 e. The van der Waals surface area contributed by atoms with Gasteiger partial charge < -0.3 is 10.4 Å². The Hall–Kier alpha value is -2.16. The second-order valence-electron chi connectivity index (χ2n) is 4.81. The first kappa shape index (κ1) is 16.2. The van der Waals surface area contributed by atoms with Crippen molar-refractivity contribution in [3.05, 3.63) is 30.2 Å². The lowest BCUT2D eigenvalue weighted by atomic mass is 9.97. The molecular formula is C13H15F3N4O2. The number of piperidine rings is 1. The number of rotatable bonds is 1. The first-order valence-corrected chi connectivity index (χ1v) is 6.70. The Kier molecular flexibility index (Phi) is 4.96. The number of hydrogen-bond acceptors (Lipinski definition) is 4. The maximum atomic E-state index is 10.6. The van der Waals surface area contributed by atoms with E-state index in [1.807, 2.05) is 24.4 Å². The average Bonchev–Trinajstić information content (AvgIpc) is 2.92. The van der Waals surface area contributed by atoms with Crippen LogP contribution in [0.5, 0.6) is 0 Å². The van der Waals surface area contributed by atoms with Crippen molar-refractivity contribution in [3.63, 3.8) is 0 Å². The van der Waals surface area contributed by atoms with Gasteiger partial charge in [-0.15, -0.1) is 10.2 Å². The fourth-order valence-corrected chi connectivity index (χ4v) is 2.22. The summed E-state index contributed by atoms with van der Waals surface area (Å²) >= 11 is 0. The van der Waals surface area contributed by atoms with Gasteiger partial charge in [0.15, 0.2) is 5.65 Å². The number of nitrogens with one attached hydrogen (secondary N) is 1. The molecule has 1 aliphatic heterocycles. The zero-order valence-electron chi connectivity index (χ0n) is 11.5. The monoisotopic (exact) mass is 316 g/mol. The largest absolute Gasteiger partial charge is 0.490 e. The third-order valence-electron chi connectivity index (χ3n) is 3.29. The highest BCUT2D eigenvalue weighted by Gasteiger charge is 2.38. The summed E-state index contributed by atoms with van der Waals surface area (Å²) in [7, 11) is 0. The fraction of sp³-hybridized carbons (Fsp3) is 0.462. The summed E-state index contributed by atoms with van der Waals surface area (Å²) in [5.74, 6) is -1.08. The number of carboxylic acid groups (broad SMARTS) is 1. The van der Waals surface area contributed by atoms with E-state index in [2.05, 4.69) is 19.9 Å². The summed E-state index contributed by atoms with van der Waals surface area (Å²) in [6.07, 6.45) is -0.710. The predicted octanol–water partition coefficient (Wildman–Crippen LogP) is 1.83. The Morgan fingerprint density at radius 2 is 1.91 bits per heavy atom. The molecule has 1 fully saturated rings. The summed E-state index contributed by atoms with van der Waals surface area (Å²) in [5.41, 5.74) is 0.950. The molecule has 0 amide bonds. The predicted molar refractivity (Wildman–Crippen MR) is 71.5 cm³/mol. The number of aromatic nitrogens is 3. The summed E-state index contributed by atoms with van der Waals surface area (Å²) < 4.78 is 33.8. The van der Waals surface area contributed by atoms with Crippen LogP contribution in [0.15, 0.2) is 24.4 Å². The van der Waals surface area contributed by atoms with Gasteiger partial charge >= 0.3 is 12.1 Å². The van der Waals surface area contributed by atoms with E-state index in [0.717, 1.165) is 37.4 Å². The number of nitrogens with zero attached hydrogens (tertiary/aromatic N) is 3. The summed E-state index contributed by atoms with van der Waals surface area (Å²) in [4.78, 5) is 8.90. The maximum Gasteiger partial charge on any atom is 0.490 e. The van der Waals surface area contributed by atoms with Gasteiger partial charge in [-0.2, -0.15) is 13.2 Å². The molecule has 0 aromatic carbocycles. The summed E-state index contributed by atoms with van der Waals surface area (Å²) in [5, 5.41) is 19.0. The van der Waals surface area contributed by atoms with Gasteiger partial charge in [0.25, 0.3) is 0 Å². The zero-order valence-corrected chi connectivity index (χ0v) is 11.5. The van der Waals surface area contributed by atoms with Gasteiger partial charge in [0.1, 0.15) is 5.82 Å². The topological polar surface area (TPSA) is 79.5 Å². The van der Waals surface area contributed by atoms with Crippen LogP contribution < -0.4 is 5.32 Å². The molecule has 22 heavy (non-hydrogen) atoms. The van der Waals surface area contributed by atoms with Crippen LogP contribution in [0.4, 0.5) is 13.2 Å². The van der Waals surface area contributed by atoms with Crippen LogP contribution >= 0.6 is 0 Å². The van der Waals surface area contributed by atoms with E-state index in [1.54, 1.807) is 0 Å². The average molecular weight is 316 g/mol. The van der Waals surface area contributed by atoms with E-state index in [1.165, 1.54) is 0 Å². The molecule has 0 atom stereocenters. The number of fused-ring (bicyclic) bond motifs is 1. The van der Waals surface area contributed by atoms with E-state index in [-0.39, 0.29) is 0 Å². The number of halogens is 3. The molecule has 2 N–H and O–H groups in total. The molecule has 0 saturated carbocycles. The minimum atomic E-state index is -5.08. The molecule has 120 valence electrons. The van der Waals surface area contributed by atoms with E-state index < -0.39 is 12.1 Å². The maximum absolute atomic E-state index is 10.6. The van der Waals surface area contributed by atoms with Crippen molar-refractivity contribution in [2.45, 2.75) is 24.9 Å². The van der Waals surface area contributed by atoms with Gasteiger partial charge in [0.2, 0.25) is 0 Å². The van der Waals surface area contributed by atoms with Crippen LogP contribution in [0.3, 0.4) is 0 Å².